The molecule has 0 spiro atoms. The van der Waals surface area contributed by atoms with Crippen LogP contribution in [0, 0.1) is 0 Å². The smallest absolute Gasteiger partial charge is 0.307 e. The van der Waals surface area contributed by atoms with E-state index in [2.05, 4.69) is 10.8 Å². The molecule has 2 aromatic rings. The maximum Gasteiger partial charge on any atom is 0.307 e. The number of carboxylic acids is 1. The zero-order chi connectivity index (χ0) is 17.2. The van der Waals surface area contributed by atoms with Crippen molar-refractivity contribution in [2.45, 2.75) is 31.4 Å². The Bertz CT molecular complexity index is 826. The number of benzene rings is 2. The molecular weight excluding hydrogens is 326 g/mol. The first-order chi connectivity index (χ1) is 11.4. The summed E-state index contributed by atoms with van der Waals surface area (Å²) in [4.78, 5) is 10.5. The van der Waals surface area contributed by atoms with Crippen LogP contribution in [0.25, 0.3) is 0 Å². The van der Waals surface area contributed by atoms with Gasteiger partial charge in [-0.1, -0.05) is 30.3 Å². The summed E-state index contributed by atoms with van der Waals surface area (Å²) in [5.41, 5.74) is 5.14. The van der Waals surface area contributed by atoms with Crippen LogP contribution in [0.1, 0.15) is 28.7 Å². The number of anilines is 1. The number of hydrogen-bond acceptors (Lipinski definition) is 3. The van der Waals surface area contributed by atoms with E-state index >= 15 is 0 Å². The lowest BCUT2D eigenvalue weighted by Crippen LogP contribution is -2.11. The van der Waals surface area contributed by atoms with Gasteiger partial charge in [0.15, 0.2) is 0 Å². The maximum absolute atomic E-state index is 11.1. The van der Waals surface area contributed by atoms with Crippen molar-refractivity contribution in [3.63, 3.8) is 0 Å². The minimum absolute atomic E-state index is 0.0868. The van der Waals surface area contributed by atoms with Crippen LogP contribution in [-0.4, -0.2) is 19.5 Å². The van der Waals surface area contributed by atoms with Crippen LogP contribution in [0.4, 0.5) is 5.69 Å². The van der Waals surface area contributed by atoms with Gasteiger partial charge in [-0.05, 0) is 53.6 Å². The van der Waals surface area contributed by atoms with Gasteiger partial charge in [-0.3, -0.25) is 9.52 Å². The van der Waals surface area contributed by atoms with Crippen LogP contribution in [0.5, 0.6) is 0 Å². The Morgan fingerprint density at radius 3 is 2.46 bits per heavy atom. The van der Waals surface area contributed by atoms with Gasteiger partial charge in [-0.2, -0.15) is 0 Å². The molecule has 5 nitrogen and oxygen atoms in total. The van der Waals surface area contributed by atoms with Crippen molar-refractivity contribution in [1.82, 2.24) is 0 Å². The number of nitrogens with one attached hydrogen (secondary N) is 1. The Kier molecular flexibility index (Phi) is 4.57. The predicted molar refractivity (Wildman–Crippen MR) is 92.5 cm³/mol. The van der Waals surface area contributed by atoms with Crippen LogP contribution in [0.3, 0.4) is 0 Å². The van der Waals surface area contributed by atoms with Crippen LogP contribution < -0.4 is 4.72 Å². The van der Waals surface area contributed by atoms with E-state index in [0.717, 1.165) is 24.0 Å². The van der Waals surface area contributed by atoms with E-state index in [1.165, 1.54) is 17.5 Å². The van der Waals surface area contributed by atoms with E-state index in [-0.39, 0.29) is 12.2 Å². The molecule has 0 radical (unpaired) electrons. The van der Waals surface area contributed by atoms with Crippen LogP contribution in [0.15, 0.2) is 42.5 Å². The van der Waals surface area contributed by atoms with Crippen molar-refractivity contribution < 1.29 is 18.3 Å². The molecule has 0 atom stereocenters. The molecule has 0 aromatic heterocycles. The van der Waals surface area contributed by atoms with Crippen LogP contribution >= 0.6 is 0 Å². The number of aryl methyl sites for hydroxylation is 2. The SMILES string of the molecule is O=C(O)Cc1ccc2c(c1)CCC2.O=S1(=O)Cc2ccc(cc2)N1. The van der Waals surface area contributed by atoms with E-state index in [4.69, 9.17) is 5.11 Å². The van der Waals surface area contributed by atoms with Gasteiger partial charge in [0, 0.05) is 5.69 Å². The van der Waals surface area contributed by atoms with Crippen molar-refractivity contribution in [2.24, 2.45) is 0 Å². The fourth-order valence-electron chi connectivity index (χ4n) is 3.01. The highest BCUT2D eigenvalue weighted by Crippen LogP contribution is 2.23. The number of sulfonamides is 1. The molecule has 0 unspecified atom stereocenters. The standard InChI is InChI=1S/C11H12O2.C7H7NO2S/c12-11(13)7-8-4-5-9-2-1-3-10(9)6-8;9-11(10)5-6-1-3-7(8-11)4-2-6/h4-6H,1-3,7H2,(H,12,13);1-4,8H,5H2. The Morgan fingerprint density at radius 1 is 1.04 bits per heavy atom. The average Bonchev–Trinajstić information content (AvgIpc) is 2.84. The second-order valence-electron chi connectivity index (χ2n) is 6.09. The molecule has 2 N–H and O–H groups in total. The van der Waals surface area contributed by atoms with Crippen molar-refractivity contribution in [3.8, 4) is 0 Å². The first-order valence-electron chi connectivity index (χ1n) is 7.83. The number of carboxylic acid groups (broad SMARTS) is 1. The highest BCUT2D eigenvalue weighted by atomic mass is 32.2. The van der Waals surface area contributed by atoms with Gasteiger partial charge < -0.3 is 5.11 Å². The molecular formula is C18H19NO4S. The Labute approximate surface area is 141 Å². The summed E-state index contributed by atoms with van der Waals surface area (Å²) in [5.74, 6) is -0.665. The third-order valence-electron chi connectivity index (χ3n) is 4.10. The minimum Gasteiger partial charge on any atom is -0.481 e. The molecule has 24 heavy (non-hydrogen) atoms. The van der Waals surface area contributed by atoms with Gasteiger partial charge in [0.2, 0.25) is 10.0 Å². The topological polar surface area (TPSA) is 83.5 Å². The number of carbonyl (C=O) groups is 1. The largest absolute Gasteiger partial charge is 0.481 e. The van der Waals surface area contributed by atoms with Gasteiger partial charge in [-0.15, -0.1) is 0 Å². The molecule has 0 amide bonds. The van der Waals surface area contributed by atoms with Gasteiger partial charge in [0.25, 0.3) is 0 Å². The van der Waals surface area contributed by atoms with Crippen molar-refractivity contribution >= 4 is 21.7 Å². The van der Waals surface area contributed by atoms with Crippen molar-refractivity contribution in [2.75, 3.05) is 4.72 Å². The summed E-state index contributed by atoms with van der Waals surface area (Å²) in [5, 5.41) is 8.62. The van der Waals surface area contributed by atoms with E-state index < -0.39 is 16.0 Å². The molecule has 2 heterocycles. The summed E-state index contributed by atoms with van der Waals surface area (Å²) in [6, 6.07) is 13.2. The quantitative estimate of drug-likeness (QED) is 0.877. The molecule has 6 heteroatoms. The van der Waals surface area contributed by atoms with Crippen molar-refractivity contribution in [1.29, 1.82) is 0 Å². The molecule has 126 valence electrons. The number of aliphatic carboxylic acids is 1. The molecule has 0 saturated carbocycles. The zero-order valence-corrected chi connectivity index (χ0v) is 14.0. The molecule has 2 aromatic carbocycles. The third-order valence-corrected chi connectivity index (χ3v) is 5.36. The fraction of sp³-hybridized carbons (Fsp3) is 0.278. The second-order valence-corrected chi connectivity index (χ2v) is 7.81. The lowest BCUT2D eigenvalue weighted by Gasteiger charge is -2.01. The van der Waals surface area contributed by atoms with E-state index in [1.54, 1.807) is 12.1 Å². The summed E-state index contributed by atoms with van der Waals surface area (Å²) >= 11 is 0. The van der Waals surface area contributed by atoms with E-state index in [0.29, 0.717) is 5.69 Å². The normalized spacial score (nSPS) is 16.3. The highest BCUT2D eigenvalue weighted by Gasteiger charge is 2.15. The summed E-state index contributed by atoms with van der Waals surface area (Å²) < 4.78 is 24.6. The lowest BCUT2D eigenvalue weighted by atomic mass is 10.0. The molecule has 5 rings (SSSR count). The zero-order valence-electron chi connectivity index (χ0n) is 13.2. The van der Waals surface area contributed by atoms with E-state index in [9.17, 15) is 13.2 Å². The Hall–Kier alpha value is -2.34. The fourth-order valence-corrected chi connectivity index (χ4v) is 4.21. The van der Waals surface area contributed by atoms with Gasteiger partial charge in [0.05, 0.1) is 12.2 Å². The number of fused-ring (bicyclic) bond motifs is 5. The Morgan fingerprint density at radius 2 is 1.75 bits per heavy atom. The molecule has 3 aliphatic rings. The maximum atomic E-state index is 11.1. The molecule has 0 saturated heterocycles. The summed E-state index contributed by atoms with van der Waals surface area (Å²) in [6.45, 7) is 0. The summed E-state index contributed by atoms with van der Waals surface area (Å²) in [7, 11) is -3.10. The first kappa shape index (κ1) is 16.5. The first-order valence-corrected chi connectivity index (χ1v) is 9.48. The highest BCUT2D eigenvalue weighted by molar-refractivity contribution is 7.91. The predicted octanol–water partition coefficient (Wildman–Crippen LogP) is 2.74. The monoisotopic (exact) mass is 345 g/mol. The Balaban J connectivity index is 0.000000143. The molecule has 2 aliphatic heterocycles. The molecule has 1 aliphatic carbocycles. The molecule has 0 fully saturated rings. The van der Waals surface area contributed by atoms with Gasteiger partial charge in [-0.25, -0.2) is 8.42 Å². The van der Waals surface area contributed by atoms with Crippen molar-refractivity contribution in [3.05, 3.63) is 64.7 Å². The van der Waals surface area contributed by atoms with Gasteiger partial charge >= 0.3 is 5.97 Å². The average molecular weight is 345 g/mol. The second kappa shape index (κ2) is 6.65. The van der Waals surface area contributed by atoms with E-state index in [1.807, 2.05) is 24.3 Å². The number of rotatable bonds is 2. The third kappa shape index (κ3) is 4.14. The molecule has 2 bridgehead atoms. The number of hydrogen-bond donors (Lipinski definition) is 2. The summed E-state index contributed by atoms with van der Waals surface area (Å²) in [6.07, 6.45) is 3.63. The van der Waals surface area contributed by atoms with Crippen LogP contribution in [0.2, 0.25) is 0 Å². The van der Waals surface area contributed by atoms with Crippen LogP contribution in [-0.2, 0) is 39.8 Å². The van der Waals surface area contributed by atoms with Gasteiger partial charge in [0.1, 0.15) is 0 Å². The minimum atomic E-state index is -3.10. The lowest BCUT2D eigenvalue weighted by molar-refractivity contribution is -0.136.